The Morgan fingerprint density at radius 3 is 2.88 bits per heavy atom. The fourth-order valence-corrected chi connectivity index (χ4v) is 4.29. The van der Waals surface area contributed by atoms with Crippen LogP contribution < -0.4 is 5.32 Å². The Morgan fingerprint density at radius 1 is 1.33 bits per heavy atom. The van der Waals surface area contributed by atoms with Gasteiger partial charge >= 0.3 is 5.97 Å². The maximum atomic E-state index is 12.6. The molecule has 0 bridgehead atoms. The van der Waals surface area contributed by atoms with Gasteiger partial charge < -0.3 is 10.1 Å². The molecule has 0 fully saturated rings. The number of hydrogen-bond acceptors (Lipinski definition) is 5. The highest BCUT2D eigenvalue weighted by atomic mass is 32.1. The van der Waals surface area contributed by atoms with Crippen molar-refractivity contribution >= 4 is 28.2 Å². The van der Waals surface area contributed by atoms with E-state index < -0.39 is 0 Å². The normalized spacial score (nSPS) is 13.4. The molecule has 1 aliphatic carbocycles. The van der Waals surface area contributed by atoms with Crippen LogP contribution in [0.1, 0.15) is 58.0 Å². The van der Waals surface area contributed by atoms with E-state index >= 15 is 0 Å². The van der Waals surface area contributed by atoms with Crippen LogP contribution in [0, 0.1) is 0 Å². The topological polar surface area (TPSA) is 73.2 Å². The van der Waals surface area contributed by atoms with Crippen LogP contribution in [0.2, 0.25) is 0 Å². The summed E-state index contributed by atoms with van der Waals surface area (Å²) >= 11 is 1.49. The molecular weight excluding hydrogens is 326 g/mol. The minimum absolute atomic E-state index is 0.251. The van der Waals surface area contributed by atoms with Gasteiger partial charge in [0.2, 0.25) is 0 Å². The molecule has 0 saturated heterocycles. The Hall–Kier alpha value is -2.15. The van der Waals surface area contributed by atoms with Crippen LogP contribution in [0.4, 0.5) is 5.00 Å². The maximum absolute atomic E-state index is 12.6. The fourth-order valence-electron chi connectivity index (χ4n) is 3.02. The van der Waals surface area contributed by atoms with Crippen molar-refractivity contribution in [3.63, 3.8) is 0 Å². The molecule has 0 unspecified atom stereocenters. The summed E-state index contributed by atoms with van der Waals surface area (Å²) in [6, 6.07) is 1.68. The summed E-state index contributed by atoms with van der Waals surface area (Å²) in [5.41, 5.74) is 2.06. The summed E-state index contributed by atoms with van der Waals surface area (Å²) in [6.07, 6.45) is 5.60. The van der Waals surface area contributed by atoms with Crippen molar-refractivity contribution in [3.8, 4) is 0 Å². The number of hydrogen-bond donors (Lipinski definition) is 1. The van der Waals surface area contributed by atoms with Gasteiger partial charge in [-0.25, -0.2) is 4.79 Å². The van der Waals surface area contributed by atoms with Gasteiger partial charge in [0, 0.05) is 17.6 Å². The smallest absolute Gasteiger partial charge is 0.341 e. The molecule has 2 heterocycles. The Morgan fingerprint density at radius 2 is 2.12 bits per heavy atom. The lowest BCUT2D eigenvalue weighted by molar-refractivity contribution is 0.0526. The van der Waals surface area contributed by atoms with E-state index in [9.17, 15) is 9.59 Å². The Labute approximate surface area is 144 Å². The summed E-state index contributed by atoms with van der Waals surface area (Å²) in [4.78, 5) is 26.2. The largest absolute Gasteiger partial charge is 0.462 e. The first-order valence-corrected chi connectivity index (χ1v) is 9.12. The van der Waals surface area contributed by atoms with Gasteiger partial charge in [-0.2, -0.15) is 5.10 Å². The number of nitrogens with one attached hydrogen (secondary N) is 1. The molecule has 0 aromatic carbocycles. The molecule has 1 aliphatic rings. The Bertz CT molecular complexity index is 763. The highest BCUT2D eigenvalue weighted by Crippen LogP contribution is 2.38. The van der Waals surface area contributed by atoms with E-state index in [4.69, 9.17) is 4.74 Å². The van der Waals surface area contributed by atoms with Crippen molar-refractivity contribution < 1.29 is 14.3 Å². The maximum Gasteiger partial charge on any atom is 0.341 e. The van der Waals surface area contributed by atoms with Gasteiger partial charge in [-0.1, -0.05) is 0 Å². The first-order chi connectivity index (χ1) is 11.7. The van der Waals surface area contributed by atoms with E-state index in [-0.39, 0.29) is 11.9 Å². The molecule has 1 amide bonds. The number of esters is 1. The van der Waals surface area contributed by atoms with Crippen molar-refractivity contribution in [1.29, 1.82) is 0 Å². The first-order valence-electron chi connectivity index (χ1n) is 8.30. The Kier molecular flexibility index (Phi) is 4.99. The molecule has 3 rings (SSSR count). The van der Waals surface area contributed by atoms with E-state index in [1.54, 1.807) is 23.9 Å². The standard InChI is InChI=1S/C17H21N3O3S/c1-3-20-12(9-10-18-20)15(21)19-16-14(17(22)23-4-2)11-7-5-6-8-13(11)24-16/h9-10H,3-8H2,1-2H3,(H,19,21). The van der Waals surface area contributed by atoms with E-state index in [0.29, 0.717) is 29.4 Å². The van der Waals surface area contributed by atoms with E-state index in [0.717, 1.165) is 31.2 Å². The second kappa shape index (κ2) is 7.17. The molecule has 0 radical (unpaired) electrons. The predicted molar refractivity (Wildman–Crippen MR) is 92.8 cm³/mol. The van der Waals surface area contributed by atoms with Crippen LogP contribution in [-0.4, -0.2) is 28.3 Å². The molecule has 128 valence electrons. The molecule has 6 nitrogen and oxygen atoms in total. The fraction of sp³-hybridized carbons (Fsp3) is 0.471. The van der Waals surface area contributed by atoms with Crippen molar-refractivity contribution in [2.75, 3.05) is 11.9 Å². The second-order valence-corrected chi connectivity index (χ2v) is 6.73. The van der Waals surface area contributed by atoms with Crippen molar-refractivity contribution in [2.24, 2.45) is 0 Å². The summed E-state index contributed by atoms with van der Waals surface area (Å²) in [6.45, 7) is 4.65. The minimum Gasteiger partial charge on any atom is -0.462 e. The third-order valence-corrected chi connectivity index (χ3v) is 5.33. The van der Waals surface area contributed by atoms with E-state index in [1.807, 2.05) is 6.92 Å². The van der Waals surface area contributed by atoms with Gasteiger partial charge in [0.1, 0.15) is 10.7 Å². The first kappa shape index (κ1) is 16.7. The van der Waals surface area contributed by atoms with E-state index in [2.05, 4.69) is 10.4 Å². The highest BCUT2D eigenvalue weighted by molar-refractivity contribution is 7.17. The van der Waals surface area contributed by atoms with Crippen LogP contribution in [0.25, 0.3) is 0 Å². The van der Waals surface area contributed by atoms with Gasteiger partial charge in [-0.3, -0.25) is 9.48 Å². The van der Waals surface area contributed by atoms with Crippen LogP contribution in [0.15, 0.2) is 12.3 Å². The number of nitrogens with zero attached hydrogens (tertiary/aromatic N) is 2. The predicted octanol–water partition coefficient (Wildman–Crippen LogP) is 3.27. The molecule has 1 N–H and O–H groups in total. The monoisotopic (exact) mass is 347 g/mol. The van der Waals surface area contributed by atoms with Crippen molar-refractivity contribution in [2.45, 2.75) is 46.1 Å². The number of aromatic nitrogens is 2. The lowest BCUT2D eigenvalue weighted by Gasteiger charge is -2.12. The number of carbonyl (C=O) groups is 2. The van der Waals surface area contributed by atoms with Crippen LogP contribution in [0.3, 0.4) is 0 Å². The van der Waals surface area contributed by atoms with Crippen LogP contribution >= 0.6 is 11.3 Å². The number of fused-ring (bicyclic) bond motifs is 1. The zero-order valence-corrected chi connectivity index (χ0v) is 14.7. The average molecular weight is 347 g/mol. The Balaban J connectivity index is 1.93. The van der Waals surface area contributed by atoms with Gasteiger partial charge in [0.25, 0.3) is 5.91 Å². The zero-order valence-electron chi connectivity index (χ0n) is 13.9. The third-order valence-electron chi connectivity index (χ3n) is 4.13. The van der Waals surface area contributed by atoms with Gasteiger partial charge in [-0.05, 0) is 51.2 Å². The molecule has 7 heteroatoms. The zero-order chi connectivity index (χ0) is 17.1. The molecule has 0 atom stereocenters. The van der Waals surface area contributed by atoms with Gasteiger partial charge in [-0.15, -0.1) is 11.3 Å². The third kappa shape index (κ3) is 3.08. The number of amides is 1. The summed E-state index contributed by atoms with van der Waals surface area (Å²) in [5.74, 6) is -0.602. The number of thiophene rings is 1. The molecule has 0 aliphatic heterocycles. The number of aryl methyl sites for hydroxylation is 2. The summed E-state index contributed by atoms with van der Waals surface area (Å²) in [7, 11) is 0. The quantitative estimate of drug-likeness (QED) is 0.843. The molecule has 0 spiro atoms. The van der Waals surface area contributed by atoms with E-state index in [1.165, 1.54) is 16.2 Å². The lowest BCUT2D eigenvalue weighted by Crippen LogP contribution is -2.19. The van der Waals surface area contributed by atoms with Gasteiger partial charge in [0.05, 0.1) is 12.2 Å². The second-order valence-electron chi connectivity index (χ2n) is 5.62. The van der Waals surface area contributed by atoms with Crippen molar-refractivity contribution in [1.82, 2.24) is 9.78 Å². The van der Waals surface area contributed by atoms with Crippen LogP contribution in [0.5, 0.6) is 0 Å². The molecule has 2 aromatic heterocycles. The van der Waals surface area contributed by atoms with Gasteiger partial charge in [0.15, 0.2) is 0 Å². The number of ether oxygens (including phenoxy) is 1. The summed E-state index contributed by atoms with van der Waals surface area (Å²) in [5, 5.41) is 7.61. The average Bonchev–Trinajstić information content (AvgIpc) is 3.18. The molecule has 24 heavy (non-hydrogen) atoms. The molecular formula is C17H21N3O3S. The summed E-state index contributed by atoms with van der Waals surface area (Å²) < 4.78 is 6.84. The SMILES string of the molecule is CCOC(=O)c1c(NC(=O)c2ccnn2CC)sc2c1CCCC2. The number of carbonyl (C=O) groups excluding carboxylic acids is 2. The molecule has 2 aromatic rings. The molecule has 0 saturated carbocycles. The van der Waals surface area contributed by atoms with Crippen molar-refractivity contribution in [3.05, 3.63) is 34.0 Å². The highest BCUT2D eigenvalue weighted by Gasteiger charge is 2.27. The lowest BCUT2D eigenvalue weighted by atomic mass is 9.95. The number of rotatable bonds is 5. The number of anilines is 1. The minimum atomic E-state index is -0.351. The van der Waals surface area contributed by atoms with Crippen LogP contribution in [-0.2, 0) is 24.1 Å².